The zero-order chi connectivity index (χ0) is 22.1. The van der Waals surface area contributed by atoms with Crippen LogP contribution in [0, 0.1) is 0 Å². The first kappa shape index (κ1) is 22.5. The fraction of sp³-hybridized carbons (Fsp3) is 0.524. The number of carbonyl (C=O) groups is 1. The van der Waals surface area contributed by atoms with E-state index >= 15 is 0 Å². The van der Waals surface area contributed by atoms with Gasteiger partial charge in [0, 0.05) is 13.1 Å². The van der Waals surface area contributed by atoms with Gasteiger partial charge in [0.2, 0.25) is 0 Å². The van der Waals surface area contributed by atoms with E-state index < -0.39 is 23.4 Å². The zero-order valence-corrected chi connectivity index (χ0v) is 18.3. The van der Waals surface area contributed by atoms with Gasteiger partial charge in [0.15, 0.2) is 5.16 Å². The number of aryl methyl sites for hydroxylation is 1. The maximum Gasteiger partial charge on any atom is 0.416 e. The number of rotatable bonds is 4. The summed E-state index contributed by atoms with van der Waals surface area (Å²) in [5.74, 6) is 0. The van der Waals surface area contributed by atoms with Crippen molar-refractivity contribution < 1.29 is 22.7 Å². The lowest BCUT2D eigenvalue weighted by atomic mass is 9.99. The van der Waals surface area contributed by atoms with E-state index in [1.807, 2.05) is 27.0 Å². The Morgan fingerprint density at radius 2 is 1.87 bits per heavy atom. The Hall–Kier alpha value is -2.16. The molecule has 5 nitrogen and oxygen atoms in total. The summed E-state index contributed by atoms with van der Waals surface area (Å²) in [5, 5.41) is 0.883. The molecule has 30 heavy (non-hydrogen) atoms. The average Bonchev–Trinajstić information content (AvgIpc) is 3.07. The van der Waals surface area contributed by atoms with E-state index in [4.69, 9.17) is 4.74 Å². The molecule has 0 saturated carbocycles. The monoisotopic (exact) mass is 441 g/mol. The highest BCUT2D eigenvalue weighted by atomic mass is 32.2. The molecule has 0 N–H and O–H groups in total. The Kier molecular flexibility index (Phi) is 6.40. The van der Waals surface area contributed by atoms with Crippen molar-refractivity contribution in [3.63, 3.8) is 0 Å². The van der Waals surface area contributed by atoms with E-state index in [2.05, 4.69) is 9.55 Å². The number of amides is 1. The number of hydrogen-bond donors (Lipinski definition) is 0. The van der Waals surface area contributed by atoms with E-state index in [0.29, 0.717) is 25.9 Å². The van der Waals surface area contributed by atoms with Crippen molar-refractivity contribution in [3.05, 3.63) is 47.3 Å². The number of imidazole rings is 1. The molecule has 1 unspecified atom stereocenters. The average molecular weight is 442 g/mol. The summed E-state index contributed by atoms with van der Waals surface area (Å²) in [6, 6.07) is 4.92. The lowest BCUT2D eigenvalue weighted by Crippen LogP contribution is -2.44. The highest BCUT2D eigenvalue weighted by molar-refractivity contribution is 7.98. The predicted octanol–water partition coefficient (Wildman–Crippen LogP) is 5.55. The van der Waals surface area contributed by atoms with Crippen LogP contribution in [0.5, 0.6) is 0 Å². The minimum absolute atomic E-state index is 0.260. The first-order chi connectivity index (χ1) is 14.0. The largest absolute Gasteiger partial charge is 0.444 e. The van der Waals surface area contributed by atoms with Gasteiger partial charge in [0.05, 0.1) is 23.5 Å². The third kappa shape index (κ3) is 5.11. The quantitative estimate of drug-likeness (QED) is 0.584. The Balaban J connectivity index is 1.81. The molecular formula is C21H26F3N3O2S. The van der Waals surface area contributed by atoms with Crippen molar-refractivity contribution in [1.82, 2.24) is 14.5 Å². The Labute approximate surface area is 178 Å². The Bertz CT molecular complexity index is 888. The van der Waals surface area contributed by atoms with Gasteiger partial charge in [-0.3, -0.25) is 4.90 Å². The number of nitrogens with zero attached hydrogens (tertiary/aromatic N) is 3. The molecule has 0 aliphatic carbocycles. The number of thioether (sulfide) groups is 1. The van der Waals surface area contributed by atoms with E-state index in [9.17, 15) is 18.0 Å². The minimum atomic E-state index is -4.35. The number of hydrogen-bond acceptors (Lipinski definition) is 4. The van der Waals surface area contributed by atoms with Crippen LogP contribution in [0.2, 0.25) is 0 Å². The summed E-state index contributed by atoms with van der Waals surface area (Å²) in [6.45, 7) is 6.58. The van der Waals surface area contributed by atoms with Crippen LogP contribution in [0.25, 0.3) is 0 Å². The molecule has 0 radical (unpaired) electrons. The molecule has 0 saturated heterocycles. The fourth-order valence-corrected chi connectivity index (χ4v) is 4.13. The first-order valence-corrected chi connectivity index (χ1v) is 11.0. The van der Waals surface area contributed by atoms with Gasteiger partial charge in [0.1, 0.15) is 5.60 Å². The smallest absolute Gasteiger partial charge is 0.416 e. The van der Waals surface area contributed by atoms with Crippen LogP contribution in [-0.4, -0.2) is 38.9 Å². The Morgan fingerprint density at radius 1 is 1.20 bits per heavy atom. The maximum atomic E-state index is 12.8. The van der Waals surface area contributed by atoms with E-state index in [1.165, 1.54) is 12.1 Å². The van der Waals surface area contributed by atoms with Crippen LogP contribution in [0.1, 0.15) is 50.1 Å². The molecule has 164 valence electrons. The zero-order valence-electron chi connectivity index (χ0n) is 17.5. The SMILES string of the molecule is CSc1ncc2n1CCN(C(=O)OC(C)(C)C)C2CCc1ccc(C(F)(F)F)cc1. The predicted molar refractivity (Wildman–Crippen MR) is 109 cm³/mol. The van der Waals surface area contributed by atoms with Gasteiger partial charge < -0.3 is 9.30 Å². The topological polar surface area (TPSA) is 47.4 Å². The van der Waals surface area contributed by atoms with Crippen molar-refractivity contribution in [2.45, 2.75) is 63.1 Å². The summed E-state index contributed by atoms with van der Waals surface area (Å²) >= 11 is 1.54. The van der Waals surface area contributed by atoms with Gasteiger partial charge in [-0.25, -0.2) is 9.78 Å². The number of halogens is 3. The van der Waals surface area contributed by atoms with Crippen LogP contribution < -0.4 is 0 Å². The molecule has 2 aromatic rings. The third-order valence-corrected chi connectivity index (χ3v) is 5.62. The summed E-state index contributed by atoms with van der Waals surface area (Å²) in [6.07, 6.45) is 0.0766. The van der Waals surface area contributed by atoms with E-state index in [1.54, 1.807) is 22.9 Å². The van der Waals surface area contributed by atoms with E-state index in [0.717, 1.165) is 28.5 Å². The van der Waals surface area contributed by atoms with Crippen LogP contribution in [-0.2, 0) is 23.9 Å². The highest BCUT2D eigenvalue weighted by Crippen LogP contribution is 2.34. The molecule has 1 aliphatic rings. The second-order valence-corrected chi connectivity index (χ2v) is 9.02. The second-order valence-electron chi connectivity index (χ2n) is 8.24. The van der Waals surface area contributed by atoms with Gasteiger partial charge in [0.25, 0.3) is 0 Å². The molecule has 1 aromatic carbocycles. The number of carbonyl (C=O) groups excluding carboxylic acids is 1. The molecule has 1 amide bonds. The number of alkyl halides is 3. The molecule has 0 bridgehead atoms. The van der Waals surface area contributed by atoms with E-state index in [-0.39, 0.29) is 6.04 Å². The van der Waals surface area contributed by atoms with Gasteiger partial charge in [-0.15, -0.1) is 0 Å². The van der Waals surface area contributed by atoms with Crippen molar-refractivity contribution in [2.24, 2.45) is 0 Å². The molecule has 1 atom stereocenters. The lowest BCUT2D eigenvalue weighted by Gasteiger charge is -2.37. The van der Waals surface area contributed by atoms with Gasteiger partial charge >= 0.3 is 12.3 Å². The fourth-order valence-electron chi connectivity index (χ4n) is 3.55. The standard InChI is InChI=1S/C21H26F3N3O2S/c1-20(2,3)29-19(28)27-12-11-26-17(13-25-18(26)30-4)16(27)10-7-14-5-8-15(9-6-14)21(22,23)24/h5-6,8-9,13,16H,7,10-12H2,1-4H3. The van der Waals surface area contributed by atoms with Crippen LogP contribution in [0.3, 0.4) is 0 Å². The molecule has 1 aliphatic heterocycles. The maximum absolute atomic E-state index is 12.8. The molecule has 1 aromatic heterocycles. The Morgan fingerprint density at radius 3 is 2.43 bits per heavy atom. The van der Waals surface area contributed by atoms with Crippen LogP contribution in [0.15, 0.2) is 35.6 Å². The van der Waals surface area contributed by atoms with Crippen LogP contribution in [0.4, 0.5) is 18.0 Å². The first-order valence-electron chi connectivity index (χ1n) is 9.75. The minimum Gasteiger partial charge on any atom is -0.444 e. The van der Waals surface area contributed by atoms with Crippen LogP contribution >= 0.6 is 11.8 Å². The molecule has 9 heteroatoms. The molecule has 2 heterocycles. The van der Waals surface area contributed by atoms with Crippen molar-refractivity contribution in [2.75, 3.05) is 12.8 Å². The highest BCUT2D eigenvalue weighted by Gasteiger charge is 2.35. The number of aromatic nitrogens is 2. The molecular weight excluding hydrogens is 415 g/mol. The van der Waals surface area contributed by atoms with Gasteiger partial charge in [-0.1, -0.05) is 23.9 Å². The lowest BCUT2D eigenvalue weighted by molar-refractivity contribution is -0.137. The number of ether oxygens (including phenoxy) is 1. The normalized spacial score (nSPS) is 17.0. The summed E-state index contributed by atoms with van der Waals surface area (Å²) in [7, 11) is 0. The van der Waals surface area contributed by atoms with Crippen molar-refractivity contribution in [3.8, 4) is 0 Å². The molecule has 0 spiro atoms. The molecule has 0 fully saturated rings. The summed E-state index contributed by atoms with van der Waals surface area (Å²) in [5.41, 5.74) is 0.427. The second kappa shape index (κ2) is 8.53. The number of fused-ring (bicyclic) bond motifs is 1. The van der Waals surface area contributed by atoms with Crippen molar-refractivity contribution in [1.29, 1.82) is 0 Å². The van der Waals surface area contributed by atoms with Gasteiger partial charge in [-0.2, -0.15) is 13.2 Å². The summed E-state index contributed by atoms with van der Waals surface area (Å²) in [4.78, 5) is 19.0. The molecule has 3 rings (SSSR count). The summed E-state index contributed by atoms with van der Waals surface area (Å²) < 4.78 is 46.1. The van der Waals surface area contributed by atoms with Gasteiger partial charge in [-0.05, 0) is 57.6 Å². The van der Waals surface area contributed by atoms with Crippen molar-refractivity contribution >= 4 is 17.9 Å². The third-order valence-electron chi connectivity index (χ3n) is 4.93. The number of benzene rings is 1.